The van der Waals surface area contributed by atoms with Gasteiger partial charge in [0.2, 0.25) is 5.91 Å². The second-order valence-corrected chi connectivity index (χ2v) is 8.11. The van der Waals surface area contributed by atoms with Gasteiger partial charge in [0.15, 0.2) is 0 Å². The number of unbranched alkanes of at least 4 members (excludes halogenated alkanes) is 1. The number of hydrogen-bond acceptors (Lipinski definition) is 5. The van der Waals surface area contributed by atoms with Crippen LogP contribution in [0.15, 0.2) is 58.4 Å². The first-order valence-electron chi connectivity index (χ1n) is 9.09. The first-order valence-corrected chi connectivity index (χ1v) is 10.6. The Labute approximate surface area is 164 Å². The average molecular weight is 401 g/mol. The van der Waals surface area contributed by atoms with Gasteiger partial charge in [0.25, 0.3) is 10.0 Å². The molecule has 28 heavy (non-hydrogen) atoms. The van der Waals surface area contributed by atoms with Gasteiger partial charge < -0.3 is 10.1 Å². The zero-order valence-corrected chi connectivity index (χ0v) is 16.6. The van der Waals surface area contributed by atoms with E-state index in [1.54, 1.807) is 49.6 Å². The molecule has 1 amide bonds. The Morgan fingerprint density at radius 2 is 2.00 bits per heavy atom. The van der Waals surface area contributed by atoms with Crippen LogP contribution >= 0.6 is 0 Å². The fourth-order valence-electron chi connectivity index (χ4n) is 2.96. The second kappa shape index (κ2) is 8.43. The fourth-order valence-corrected chi connectivity index (χ4v) is 4.20. The van der Waals surface area contributed by atoms with Crippen molar-refractivity contribution in [1.29, 1.82) is 0 Å². The van der Waals surface area contributed by atoms with Gasteiger partial charge in [-0.3, -0.25) is 14.5 Å². The molecule has 0 saturated heterocycles. The molecule has 2 N–H and O–H groups in total. The third kappa shape index (κ3) is 4.33. The van der Waals surface area contributed by atoms with E-state index in [-0.39, 0.29) is 16.6 Å². The molecular formula is C20H23N3O4S. The summed E-state index contributed by atoms with van der Waals surface area (Å²) in [6.07, 6.45) is 2.21. The molecule has 2 aromatic rings. The number of amidine groups is 1. The third-order valence-corrected chi connectivity index (χ3v) is 5.82. The van der Waals surface area contributed by atoms with Crippen molar-refractivity contribution in [3.8, 4) is 5.75 Å². The van der Waals surface area contributed by atoms with Gasteiger partial charge in [0.1, 0.15) is 17.6 Å². The van der Waals surface area contributed by atoms with Crippen molar-refractivity contribution in [2.75, 3.05) is 12.4 Å². The summed E-state index contributed by atoms with van der Waals surface area (Å²) in [5.41, 5.74) is 1.08. The highest BCUT2D eigenvalue weighted by atomic mass is 32.2. The lowest BCUT2D eigenvalue weighted by molar-refractivity contribution is -0.117. The molecule has 1 aliphatic heterocycles. The fraction of sp³-hybridized carbons (Fsp3) is 0.300. The number of methoxy groups -OCH3 is 1. The lowest BCUT2D eigenvalue weighted by Crippen LogP contribution is -2.30. The zero-order valence-electron chi connectivity index (χ0n) is 15.8. The number of nitrogens with zero attached hydrogens (tertiary/aromatic N) is 1. The van der Waals surface area contributed by atoms with Crippen LogP contribution in [0, 0.1) is 0 Å². The van der Waals surface area contributed by atoms with E-state index in [0.29, 0.717) is 23.4 Å². The van der Waals surface area contributed by atoms with E-state index in [1.807, 2.05) is 6.92 Å². The molecule has 7 nitrogen and oxygen atoms in total. The summed E-state index contributed by atoms with van der Waals surface area (Å²) in [6, 6.07) is 12.9. The van der Waals surface area contributed by atoms with Crippen molar-refractivity contribution >= 4 is 27.5 Å². The van der Waals surface area contributed by atoms with Crippen molar-refractivity contribution < 1.29 is 17.9 Å². The molecule has 1 unspecified atom stereocenters. The number of ether oxygens (including phenoxy) is 1. The van der Waals surface area contributed by atoms with Gasteiger partial charge in [-0.15, -0.1) is 0 Å². The molecule has 0 aromatic heterocycles. The summed E-state index contributed by atoms with van der Waals surface area (Å²) in [5, 5.41) is 2.84. The van der Waals surface area contributed by atoms with E-state index >= 15 is 0 Å². The SMILES string of the molecule is CCCCC(N=C1NS(=O)(=O)c2ccccc21)C(=O)Nc1cccc(OC)c1. The Kier molecular flexibility index (Phi) is 5.99. The van der Waals surface area contributed by atoms with E-state index in [1.165, 1.54) is 6.07 Å². The summed E-state index contributed by atoms with van der Waals surface area (Å²) >= 11 is 0. The van der Waals surface area contributed by atoms with Crippen molar-refractivity contribution in [2.45, 2.75) is 37.1 Å². The Morgan fingerprint density at radius 3 is 2.75 bits per heavy atom. The second-order valence-electron chi connectivity index (χ2n) is 6.46. The lowest BCUT2D eigenvalue weighted by atomic mass is 10.1. The Hall–Kier alpha value is -2.87. The van der Waals surface area contributed by atoms with Crippen LogP contribution in [0.1, 0.15) is 31.7 Å². The number of aliphatic imine (C=N–C) groups is 1. The van der Waals surface area contributed by atoms with Gasteiger partial charge in [-0.1, -0.05) is 38.0 Å². The smallest absolute Gasteiger partial charge is 0.263 e. The van der Waals surface area contributed by atoms with Crippen LogP contribution in [0.4, 0.5) is 5.69 Å². The Bertz CT molecular complexity index is 1000. The first-order chi connectivity index (χ1) is 13.4. The van der Waals surface area contributed by atoms with Gasteiger partial charge in [0, 0.05) is 17.3 Å². The maximum absolute atomic E-state index is 12.8. The molecule has 8 heteroatoms. The van der Waals surface area contributed by atoms with E-state index in [4.69, 9.17) is 4.74 Å². The molecule has 3 rings (SSSR count). The number of hydrogen-bond donors (Lipinski definition) is 2. The van der Waals surface area contributed by atoms with Crippen molar-refractivity contribution in [2.24, 2.45) is 4.99 Å². The number of carbonyl (C=O) groups excluding carboxylic acids is 1. The molecule has 0 fully saturated rings. The highest BCUT2D eigenvalue weighted by Crippen LogP contribution is 2.24. The normalized spacial score (nSPS) is 16.9. The molecular weight excluding hydrogens is 378 g/mol. The number of nitrogens with one attached hydrogen (secondary N) is 2. The zero-order chi connectivity index (χ0) is 20.1. The van der Waals surface area contributed by atoms with Gasteiger partial charge in [-0.25, -0.2) is 8.42 Å². The summed E-state index contributed by atoms with van der Waals surface area (Å²) in [4.78, 5) is 17.5. The van der Waals surface area contributed by atoms with Crippen LogP contribution in [-0.2, 0) is 14.8 Å². The van der Waals surface area contributed by atoms with Crippen LogP contribution in [0.25, 0.3) is 0 Å². The van der Waals surface area contributed by atoms with Gasteiger partial charge in [-0.2, -0.15) is 0 Å². The highest BCUT2D eigenvalue weighted by Gasteiger charge is 2.31. The third-order valence-electron chi connectivity index (χ3n) is 4.42. The Morgan fingerprint density at radius 1 is 1.21 bits per heavy atom. The number of sulfonamides is 1. The van der Waals surface area contributed by atoms with Gasteiger partial charge in [0.05, 0.1) is 12.0 Å². The minimum Gasteiger partial charge on any atom is -0.497 e. The van der Waals surface area contributed by atoms with Gasteiger partial charge in [-0.05, 0) is 30.7 Å². The number of benzene rings is 2. The number of carbonyl (C=O) groups is 1. The maximum Gasteiger partial charge on any atom is 0.263 e. The van der Waals surface area contributed by atoms with E-state index < -0.39 is 16.1 Å². The first kappa shape index (κ1) is 19.9. The predicted molar refractivity (Wildman–Crippen MR) is 108 cm³/mol. The molecule has 1 heterocycles. The van der Waals surface area contributed by atoms with Crippen LogP contribution in [0.2, 0.25) is 0 Å². The number of rotatable bonds is 7. The van der Waals surface area contributed by atoms with Gasteiger partial charge >= 0.3 is 0 Å². The minimum atomic E-state index is -3.64. The molecule has 148 valence electrons. The largest absolute Gasteiger partial charge is 0.497 e. The van der Waals surface area contributed by atoms with Crippen molar-refractivity contribution in [1.82, 2.24) is 4.72 Å². The van der Waals surface area contributed by atoms with Crippen LogP contribution in [-0.4, -0.2) is 33.3 Å². The molecule has 2 aromatic carbocycles. The van der Waals surface area contributed by atoms with Crippen molar-refractivity contribution in [3.63, 3.8) is 0 Å². The topological polar surface area (TPSA) is 96.9 Å². The molecule has 0 bridgehead atoms. The quantitative estimate of drug-likeness (QED) is 0.745. The molecule has 0 aliphatic carbocycles. The summed E-state index contributed by atoms with van der Waals surface area (Å²) in [5.74, 6) is 0.543. The number of fused-ring (bicyclic) bond motifs is 1. The average Bonchev–Trinajstić information content (AvgIpc) is 2.95. The molecule has 1 atom stereocenters. The van der Waals surface area contributed by atoms with E-state index in [9.17, 15) is 13.2 Å². The summed E-state index contributed by atoms with van der Waals surface area (Å²) in [7, 11) is -2.09. The van der Waals surface area contributed by atoms with Crippen LogP contribution in [0.3, 0.4) is 0 Å². The molecule has 0 spiro atoms. The number of amides is 1. The van der Waals surface area contributed by atoms with Crippen LogP contribution in [0.5, 0.6) is 5.75 Å². The number of anilines is 1. The van der Waals surface area contributed by atoms with Crippen LogP contribution < -0.4 is 14.8 Å². The van der Waals surface area contributed by atoms with E-state index in [2.05, 4.69) is 15.0 Å². The Balaban J connectivity index is 1.88. The molecule has 0 radical (unpaired) electrons. The molecule has 0 saturated carbocycles. The molecule has 1 aliphatic rings. The maximum atomic E-state index is 12.8. The lowest BCUT2D eigenvalue weighted by Gasteiger charge is -2.14. The van der Waals surface area contributed by atoms with E-state index in [0.717, 1.165) is 12.8 Å². The van der Waals surface area contributed by atoms with Crippen molar-refractivity contribution in [3.05, 3.63) is 54.1 Å². The monoisotopic (exact) mass is 401 g/mol. The highest BCUT2D eigenvalue weighted by molar-refractivity contribution is 7.90. The standard InChI is InChI=1S/C20H23N3O4S/c1-3-4-11-17(20(24)21-14-8-7-9-15(13-14)27-2)22-19-16-10-5-6-12-18(16)28(25,26)23-19/h5-10,12-13,17H,3-4,11H2,1-2H3,(H,21,24)(H,22,23). The predicted octanol–water partition coefficient (Wildman–Crippen LogP) is 2.93. The summed E-state index contributed by atoms with van der Waals surface area (Å²) < 4.78 is 32.2. The summed E-state index contributed by atoms with van der Waals surface area (Å²) in [6.45, 7) is 2.03. The minimum absolute atomic E-state index is 0.177.